The standard InChI is InChI=1S/C23H17ClN4.ClH/c24-23-21(18-4-2-1-3-5-18)11-10-19(28-23)13-22-26-15-20(27-22)12-16-6-8-17(14-25)9-7-16;/h1-11,15H,12-13H2,(H,26,27);1H. The van der Waals surface area contributed by atoms with Crippen LogP contribution in [0.15, 0.2) is 72.9 Å². The molecule has 0 radical (unpaired) electrons. The molecule has 0 amide bonds. The monoisotopic (exact) mass is 420 g/mol. The maximum absolute atomic E-state index is 8.88. The highest BCUT2D eigenvalue weighted by Crippen LogP contribution is 2.26. The number of nitrogens with one attached hydrogen (secondary N) is 1. The Morgan fingerprint density at radius 2 is 1.69 bits per heavy atom. The van der Waals surface area contributed by atoms with E-state index >= 15 is 0 Å². The van der Waals surface area contributed by atoms with E-state index in [0.717, 1.165) is 40.3 Å². The zero-order chi connectivity index (χ0) is 19.3. The summed E-state index contributed by atoms with van der Waals surface area (Å²) >= 11 is 6.40. The van der Waals surface area contributed by atoms with Crippen LogP contribution in [-0.4, -0.2) is 15.0 Å². The molecule has 0 unspecified atom stereocenters. The van der Waals surface area contributed by atoms with Crippen LogP contribution in [-0.2, 0) is 12.8 Å². The third-order valence-corrected chi connectivity index (χ3v) is 4.79. The Bertz CT molecular complexity index is 1130. The predicted octanol–water partition coefficient (Wildman–Crippen LogP) is 5.60. The van der Waals surface area contributed by atoms with Gasteiger partial charge < -0.3 is 4.98 Å². The van der Waals surface area contributed by atoms with Gasteiger partial charge in [0.15, 0.2) is 0 Å². The molecule has 144 valence electrons. The lowest BCUT2D eigenvalue weighted by atomic mass is 10.1. The lowest BCUT2D eigenvalue weighted by molar-refractivity contribution is 0.963. The van der Waals surface area contributed by atoms with Gasteiger partial charge in [-0.05, 0) is 35.4 Å². The summed E-state index contributed by atoms with van der Waals surface area (Å²) in [5.74, 6) is 0.847. The molecule has 0 aliphatic heterocycles. The minimum Gasteiger partial charge on any atom is -0.345 e. The SMILES string of the molecule is Cl.N#Cc1ccc(Cc2cnc(Cc3ccc(-c4ccccc4)c(Cl)n3)[nH]2)cc1. The molecule has 0 bridgehead atoms. The van der Waals surface area contributed by atoms with Crippen molar-refractivity contribution in [2.75, 3.05) is 0 Å². The minimum absolute atomic E-state index is 0. The fraction of sp³-hybridized carbons (Fsp3) is 0.0870. The first-order valence-corrected chi connectivity index (χ1v) is 9.32. The molecule has 2 aromatic heterocycles. The fourth-order valence-corrected chi connectivity index (χ4v) is 3.36. The van der Waals surface area contributed by atoms with Crippen molar-refractivity contribution < 1.29 is 0 Å². The molecule has 0 fully saturated rings. The zero-order valence-electron chi connectivity index (χ0n) is 15.5. The molecule has 2 aromatic carbocycles. The number of rotatable bonds is 5. The Morgan fingerprint density at radius 1 is 0.931 bits per heavy atom. The quantitative estimate of drug-likeness (QED) is 0.427. The summed E-state index contributed by atoms with van der Waals surface area (Å²) in [6.07, 6.45) is 3.16. The van der Waals surface area contributed by atoms with Gasteiger partial charge in [0.2, 0.25) is 0 Å². The molecule has 2 heterocycles. The number of benzene rings is 2. The second-order valence-corrected chi connectivity index (χ2v) is 6.88. The lowest BCUT2D eigenvalue weighted by Gasteiger charge is -2.06. The molecule has 0 atom stereocenters. The Hall–Kier alpha value is -3.13. The Balaban J connectivity index is 0.00000240. The van der Waals surface area contributed by atoms with Gasteiger partial charge in [-0.2, -0.15) is 5.26 Å². The molecule has 0 saturated heterocycles. The van der Waals surface area contributed by atoms with Crippen LogP contribution in [0.2, 0.25) is 5.15 Å². The van der Waals surface area contributed by atoms with Crippen LogP contribution < -0.4 is 0 Å². The number of nitrogens with zero attached hydrogens (tertiary/aromatic N) is 3. The summed E-state index contributed by atoms with van der Waals surface area (Å²) in [5.41, 5.74) is 5.65. The number of H-pyrrole nitrogens is 1. The van der Waals surface area contributed by atoms with Gasteiger partial charge in [-0.3, -0.25) is 0 Å². The first-order chi connectivity index (χ1) is 13.7. The highest BCUT2D eigenvalue weighted by atomic mass is 35.5. The topological polar surface area (TPSA) is 65.4 Å². The molecule has 0 aliphatic carbocycles. The van der Waals surface area contributed by atoms with Crippen LogP contribution in [0.5, 0.6) is 0 Å². The smallest absolute Gasteiger partial charge is 0.137 e. The number of nitriles is 1. The second-order valence-electron chi connectivity index (χ2n) is 6.52. The van der Waals surface area contributed by atoms with Gasteiger partial charge in [0, 0.05) is 36.0 Å². The van der Waals surface area contributed by atoms with Gasteiger partial charge in [0.1, 0.15) is 11.0 Å². The first-order valence-electron chi connectivity index (χ1n) is 8.94. The van der Waals surface area contributed by atoms with E-state index in [-0.39, 0.29) is 12.4 Å². The van der Waals surface area contributed by atoms with E-state index in [1.165, 1.54) is 0 Å². The summed E-state index contributed by atoms with van der Waals surface area (Å²) in [4.78, 5) is 12.3. The molecule has 0 spiro atoms. The van der Waals surface area contributed by atoms with E-state index in [1.54, 1.807) is 0 Å². The molecule has 4 rings (SSSR count). The zero-order valence-corrected chi connectivity index (χ0v) is 17.0. The largest absolute Gasteiger partial charge is 0.345 e. The number of hydrogen-bond donors (Lipinski definition) is 1. The summed E-state index contributed by atoms with van der Waals surface area (Å²) < 4.78 is 0. The highest BCUT2D eigenvalue weighted by molar-refractivity contribution is 6.32. The number of aromatic nitrogens is 3. The fourth-order valence-electron chi connectivity index (χ4n) is 3.08. The number of aromatic amines is 1. The number of halogens is 2. The predicted molar refractivity (Wildman–Crippen MR) is 117 cm³/mol. The number of imidazole rings is 1. The van der Waals surface area contributed by atoms with E-state index in [0.29, 0.717) is 17.1 Å². The minimum atomic E-state index is 0. The number of hydrogen-bond acceptors (Lipinski definition) is 3. The van der Waals surface area contributed by atoms with Crippen molar-refractivity contribution in [3.8, 4) is 17.2 Å². The molecule has 0 aliphatic rings. The van der Waals surface area contributed by atoms with Crippen LogP contribution in [0.25, 0.3) is 11.1 Å². The molecule has 1 N–H and O–H groups in total. The van der Waals surface area contributed by atoms with Gasteiger partial charge in [0.05, 0.1) is 11.6 Å². The van der Waals surface area contributed by atoms with Crippen LogP contribution in [0.1, 0.15) is 28.3 Å². The third-order valence-electron chi connectivity index (χ3n) is 4.50. The van der Waals surface area contributed by atoms with Crippen molar-refractivity contribution in [3.63, 3.8) is 0 Å². The van der Waals surface area contributed by atoms with E-state index in [4.69, 9.17) is 16.9 Å². The van der Waals surface area contributed by atoms with E-state index in [2.05, 4.69) is 21.0 Å². The maximum Gasteiger partial charge on any atom is 0.137 e. The second kappa shape index (κ2) is 9.38. The third kappa shape index (κ3) is 5.03. The van der Waals surface area contributed by atoms with E-state index < -0.39 is 0 Å². The molecular weight excluding hydrogens is 403 g/mol. The summed E-state index contributed by atoms with van der Waals surface area (Å²) in [7, 11) is 0. The Morgan fingerprint density at radius 3 is 2.38 bits per heavy atom. The van der Waals surface area contributed by atoms with Crippen molar-refractivity contribution in [2.24, 2.45) is 0 Å². The van der Waals surface area contributed by atoms with Gasteiger partial charge in [-0.15, -0.1) is 12.4 Å². The molecular formula is C23H18Cl2N4. The Labute approximate surface area is 180 Å². The van der Waals surface area contributed by atoms with E-state index in [1.807, 2.05) is 72.9 Å². The van der Waals surface area contributed by atoms with E-state index in [9.17, 15) is 0 Å². The normalized spacial score (nSPS) is 10.2. The molecule has 29 heavy (non-hydrogen) atoms. The average Bonchev–Trinajstić information content (AvgIpc) is 3.16. The van der Waals surface area contributed by atoms with Crippen LogP contribution in [0, 0.1) is 11.3 Å². The summed E-state index contributed by atoms with van der Waals surface area (Å²) in [6, 6.07) is 23.7. The maximum atomic E-state index is 8.88. The first kappa shape index (κ1) is 20.6. The molecule has 4 nitrogen and oxygen atoms in total. The van der Waals surface area contributed by atoms with Crippen molar-refractivity contribution in [1.82, 2.24) is 15.0 Å². The summed E-state index contributed by atoms with van der Waals surface area (Å²) in [6.45, 7) is 0. The van der Waals surface area contributed by atoms with Gasteiger partial charge in [-0.1, -0.05) is 54.1 Å². The van der Waals surface area contributed by atoms with Crippen molar-refractivity contribution >= 4 is 24.0 Å². The van der Waals surface area contributed by atoms with Crippen LogP contribution >= 0.6 is 24.0 Å². The van der Waals surface area contributed by atoms with Crippen molar-refractivity contribution in [3.05, 3.63) is 106 Å². The molecule has 4 aromatic rings. The lowest BCUT2D eigenvalue weighted by Crippen LogP contribution is -1.96. The Kier molecular flexibility index (Phi) is 6.66. The van der Waals surface area contributed by atoms with Gasteiger partial charge >= 0.3 is 0 Å². The van der Waals surface area contributed by atoms with Gasteiger partial charge in [0.25, 0.3) is 0 Å². The number of pyridine rings is 1. The molecule has 6 heteroatoms. The van der Waals surface area contributed by atoms with Gasteiger partial charge in [-0.25, -0.2) is 9.97 Å². The highest BCUT2D eigenvalue weighted by Gasteiger charge is 2.09. The van der Waals surface area contributed by atoms with Crippen LogP contribution in [0.3, 0.4) is 0 Å². The van der Waals surface area contributed by atoms with Crippen molar-refractivity contribution in [1.29, 1.82) is 5.26 Å². The van der Waals surface area contributed by atoms with Crippen LogP contribution in [0.4, 0.5) is 0 Å². The molecule has 0 saturated carbocycles. The summed E-state index contributed by atoms with van der Waals surface area (Å²) in [5, 5.41) is 9.38. The van der Waals surface area contributed by atoms with Crippen molar-refractivity contribution in [2.45, 2.75) is 12.8 Å². The average molecular weight is 421 g/mol.